The lowest BCUT2D eigenvalue weighted by atomic mass is 10.1. The Kier molecular flexibility index (Phi) is 5.40. The Morgan fingerprint density at radius 1 is 1.42 bits per heavy atom. The van der Waals surface area contributed by atoms with Crippen LogP contribution in [0.1, 0.15) is 29.5 Å². The molecule has 0 fully saturated rings. The van der Waals surface area contributed by atoms with Crippen molar-refractivity contribution in [1.29, 1.82) is 0 Å². The molecule has 1 aromatic carbocycles. The molecular formula is C14H18N6O4. The van der Waals surface area contributed by atoms with Gasteiger partial charge in [-0.05, 0) is 29.0 Å². The molecule has 0 unspecified atom stereocenters. The number of tetrazole rings is 1. The molecule has 24 heavy (non-hydrogen) atoms. The van der Waals surface area contributed by atoms with E-state index in [0.717, 1.165) is 6.42 Å². The van der Waals surface area contributed by atoms with E-state index in [0.29, 0.717) is 18.1 Å². The number of ether oxygens (including phenoxy) is 1. The van der Waals surface area contributed by atoms with Crippen molar-refractivity contribution in [3.63, 3.8) is 0 Å². The lowest BCUT2D eigenvalue weighted by molar-refractivity contribution is -0.384. The van der Waals surface area contributed by atoms with E-state index in [9.17, 15) is 14.9 Å². The number of anilines is 1. The monoisotopic (exact) mass is 334 g/mol. The van der Waals surface area contributed by atoms with Crippen molar-refractivity contribution in [2.75, 3.05) is 19.0 Å². The topological polar surface area (TPSA) is 116 Å². The summed E-state index contributed by atoms with van der Waals surface area (Å²) in [6.07, 6.45) is 0.837. The molecular weight excluding hydrogens is 316 g/mol. The van der Waals surface area contributed by atoms with Crippen LogP contribution >= 0.6 is 0 Å². The molecule has 0 aliphatic carbocycles. The number of nitro benzene ring substituents is 1. The highest BCUT2D eigenvalue weighted by molar-refractivity contribution is 5.91. The highest BCUT2D eigenvalue weighted by atomic mass is 16.6. The van der Waals surface area contributed by atoms with Crippen molar-refractivity contribution in [1.82, 2.24) is 20.2 Å². The Balaban J connectivity index is 2.13. The molecule has 0 spiro atoms. The summed E-state index contributed by atoms with van der Waals surface area (Å²) >= 11 is 0. The second kappa shape index (κ2) is 7.49. The zero-order valence-corrected chi connectivity index (χ0v) is 13.7. The third-order valence-corrected chi connectivity index (χ3v) is 3.26. The SMILES string of the molecule is CCCn1nnnc1COC(=O)c1ccc(N(C)C)c([N+](=O)[O-])c1. The Labute approximate surface area is 138 Å². The Hall–Kier alpha value is -3.04. The standard InChI is InChI=1S/C14H18N6O4/c1-4-7-19-13(15-16-17-19)9-24-14(21)10-5-6-11(18(2)3)12(8-10)20(22)23/h5-6,8H,4,7,9H2,1-3H3. The van der Waals surface area contributed by atoms with Crippen LogP contribution in [-0.2, 0) is 17.9 Å². The van der Waals surface area contributed by atoms with Crippen molar-refractivity contribution in [3.8, 4) is 0 Å². The van der Waals surface area contributed by atoms with Gasteiger partial charge in [0.15, 0.2) is 12.4 Å². The van der Waals surface area contributed by atoms with Crippen molar-refractivity contribution < 1.29 is 14.5 Å². The number of aromatic nitrogens is 4. The van der Waals surface area contributed by atoms with Crippen LogP contribution in [0, 0.1) is 10.1 Å². The fourth-order valence-corrected chi connectivity index (χ4v) is 2.10. The Morgan fingerprint density at radius 3 is 2.79 bits per heavy atom. The first-order chi connectivity index (χ1) is 11.4. The van der Waals surface area contributed by atoms with Crippen molar-refractivity contribution in [3.05, 3.63) is 39.7 Å². The van der Waals surface area contributed by atoms with Crippen molar-refractivity contribution in [2.45, 2.75) is 26.5 Å². The quantitative estimate of drug-likeness (QED) is 0.424. The zero-order chi connectivity index (χ0) is 17.7. The van der Waals surface area contributed by atoms with Gasteiger partial charge in [-0.25, -0.2) is 9.48 Å². The van der Waals surface area contributed by atoms with Gasteiger partial charge >= 0.3 is 5.97 Å². The number of aryl methyl sites for hydroxylation is 1. The predicted molar refractivity (Wildman–Crippen MR) is 84.7 cm³/mol. The van der Waals surface area contributed by atoms with Gasteiger partial charge in [-0.3, -0.25) is 10.1 Å². The van der Waals surface area contributed by atoms with Gasteiger partial charge in [-0.2, -0.15) is 0 Å². The number of rotatable bonds is 7. The molecule has 0 atom stereocenters. The Bertz CT molecular complexity index is 743. The molecule has 128 valence electrons. The van der Waals surface area contributed by atoms with Crippen molar-refractivity contribution >= 4 is 17.3 Å². The number of carbonyl (C=O) groups excluding carboxylic acids is 1. The first kappa shape index (κ1) is 17.3. The molecule has 0 radical (unpaired) electrons. The summed E-state index contributed by atoms with van der Waals surface area (Å²) in [5, 5.41) is 22.3. The molecule has 0 saturated heterocycles. The highest BCUT2D eigenvalue weighted by Gasteiger charge is 2.20. The average Bonchev–Trinajstić information content (AvgIpc) is 2.99. The third kappa shape index (κ3) is 3.83. The lowest BCUT2D eigenvalue weighted by Gasteiger charge is -2.13. The van der Waals surface area contributed by atoms with E-state index in [2.05, 4.69) is 15.5 Å². The summed E-state index contributed by atoms with van der Waals surface area (Å²) in [4.78, 5) is 24.4. The molecule has 1 heterocycles. The average molecular weight is 334 g/mol. The number of esters is 1. The van der Waals surface area contributed by atoms with Gasteiger partial charge in [0.1, 0.15) is 5.69 Å². The van der Waals surface area contributed by atoms with Crippen LogP contribution in [0.15, 0.2) is 18.2 Å². The summed E-state index contributed by atoms with van der Waals surface area (Å²) in [7, 11) is 3.38. The molecule has 0 amide bonds. The Morgan fingerprint density at radius 2 is 2.17 bits per heavy atom. The summed E-state index contributed by atoms with van der Waals surface area (Å²) in [6.45, 7) is 2.49. The molecule has 0 N–H and O–H groups in total. The maximum atomic E-state index is 12.1. The minimum absolute atomic E-state index is 0.0989. The van der Waals surface area contributed by atoms with Gasteiger partial charge in [0.2, 0.25) is 0 Å². The van der Waals surface area contributed by atoms with E-state index in [1.807, 2.05) is 6.92 Å². The molecule has 0 aliphatic heterocycles. The minimum Gasteiger partial charge on any atom is -0.454 e. The zero-order valence-electron chi connectivity index (χ0n) is 13.7. The maximum absolute atomic E-state index is 12.1. The number of hydrogen-bond acceptors (Lipinski definition) is 8. The summed E-state index contributed by atoms with van der Waals surface area (Å²) in [5.74, 6) is -0.251. The van der Waals surface area contributed by atoms with E-state index >= 15 is 0 Å². The summed E-state index contributed by atoms with van der Waals surface area (Å²) < 4.78 is 6.70. The van der Waals surface area contributed by atoms with Gasteiger partial charge < -0.3 is 9.64 Å². The van der Waals surface area contributed by atoms with Gasteiger partial charge in [-0.1, -0.05) is 6.92 Å². The van der Waals surface area contributed by atoms with Crippen LogP contribution in [-0.4, -0.2) is 45.2 Å². The van der Waals surface area contributed by atoms with Crippen LogP contribution in [0.25, 0.3) is 0 Å². The summed E-state index contributed by atoms with van der Waals surface area (Å²) in [5.41, 5.74) is 0.343. The third-order valence-electron chi connectivity index (χ3n) is 3.26. The molecule has 10 heteroatoms. The van der Waals surface area contributed by atoms with Crippen molar-refractivity contribution in [2.24, 2.45) is 0 Å². The number of benzene rings is 1. The minimum atomic E-state index is -0.672. The largest absolute Gasteiger partial charge is 0.454 e. The van der Waals surface area contributed by atoms with Crippen LogP contribution in [0.2, 0.25) is 0 Å². The smallest absolute Gasteiger partial charge is 0.338 e. The number of carbonyl (C=O) groups is 1. The molecule has 0 bridgehead atoms. The molecule has 10 nitrogen and oxygen atoms in total. The molecule has 0 aliphatic rings. The van der Waals surface area contributed by atoms with E-state index in [4.69, 9.17) is 4.74 Å². The predicted octanol–water partition coefficient (Wildman–Crippen LogP) is 1.41. The number of nitrogens with zero attached hydrogens (tertiary/aromatic N) is 6. The molecule has 2 aromatic rings. The molecule has 1 aromatic heterocycles. The lowest BCUT2D eigenvalue weighted by Crippen LogP contribution is -2.13. The van der Waals surface area contributed by atoms with E-state index in [1.54, 1.807) is 23.7 Å². The fourth-order valence-electron chi connectivity index (χ4n) is 2.10. The normalized spacial score (nSPS) is 10.5. The summed E-state index contributed by atoms with van der Waals surface area (Å²) in [6, 6.07) is 4.20. The van der Waals surface area contributed by atoms with E-state index < -0.39 is 10.9 Å². The van der Waals surface area contributed by atoms with E-state index in [-0.39, 0.29) is 17.9 Å². The fraction of sp³-hybridized carbons (Fsp3) is 0.429. The van der Waals surface area contributed by atoms with Gasteiger partial charge in [0, 0.05) is 26.7 Å². The van der Waals surface area contributed by atoms with Gasteiger partial charge in [0.05, 0.1) is 10.5 Å². The second-order valence-corrected chi connectivity index (χ2v) is 5.25. The van der Waals surface area contributed by atoms with Crippen LogP contribution in [0.3, 0.4) is 0 Å². The highest BCUT2D eigenvalue weighted by Crippen LogP contribution is 2.28. The first-order valence-corrected chi connectivity index (χ1v) is 7.32. The van der Waals surface area contributed by atoms with Crippen LogP contribution < -0.4 is 4.90 Å². The first-order valence-electron chi connectivity index (χ1n) is 7.32. The number of nitro groups is 1. The van der Waals surface area contributed by atoms with Crippen LogP contribution in [0.5, 0.6) is 0 Å². The van der Waals surface area contributed by atoms with E-state index in [1.165, 1.54) is 18.2 Å². The van der Waals surface area contributed by atoms with Gasteiger partial charge in [0.25, 0.3) is 5.69 Å². The maximum Gasteiger partial charge on any atom is 0.338 e. The van der Waals surface area contributed by atoms with Crippen LogP contribution in [0.4, 0.5) is 11.4 Å². The second-order valence-electron chi connectivity index (χ2n) is 5.25. The molecule has 2 rings (SSSR count). The molecule has 0 saturated carbocycles. The van der Waals surface area contributed by atoms with Gasteiger partial charge in [-0.15, -0.1) is 5.10 Å². The number of hydrogen-bond donors (Lipinski definition) is 0.